The zero-order valence-electron chi connectivity index (χ0n) is 16.9. The molecule has 0 aliphatic carbocycles. The van der Waals surface area contributed by atoms with Crippen LogP contribution in [0.5, 0.6) is 0 Å². The number of amides is 1. The smallest absolute Gasteiger partial charge is 0.408 e. The minimum atomic E-state index is -0.622. The predicted octanol–water partition coefficient (Wildman–Crippen LogP) is 3.59. The number of carbonyl (C=O) groups is 2. The van der Waals surface area contributed by atoms with E-state index >= 15 is 0 Å². The van der Waals surface area contributed by atoms with Gasteiger partial charge in [0.1, 0.15) is 5.60 Å². The first-order valence-electron chi connectivity index (χ1n) is 9.47. The Hall–Kier alpha value is -2.31. The third-order valence-electron chi connectivity index (χ3n) is 4.57. The van der Waals surface area contributed by atoms with E-state index in [2.05, 4.69) is 22.1 Å². The van der Waals surface area contributed by atoms with Gasteiger partial charge in [0.2, 0.25) is 0 Å². The van der Waals surface area contributed by atoms with Crippen molar-refractivity contribution in [3.05, 3.63) is 24.0 Å². The summed E-state index contributed by atoms with van der Waals surface area (Å²) < 4.78 is 10.1. The molecule has 0 spiro atoms. The molecular formula is C20H31N3O4. The van der Waals surface area contributed by atoms with Crippen molar-refractivity contribution < 1.29 is 19.1 Å². The highest BCUT2D eigenvalue weighted by Gasteiger charge is 2.25. The fourth-order valence-corrected chi connectivity index (χ4v) is 3.23. The summed E-state index contributed by atoms with van der Waals surface area (Å²) in [6.45, 7) is 8.57. The average molecular weight is 377 g/mol. The number of nitrogens with one attached hydrogen (secondary N) is 1. The molecule has 1 aliphatic rings. The van der Waals surface area contributed by atoms with Crippen LogP contribution < -0.4 is 10.2 Å². The van der Waals surface area contributed by atoms with E-state index in [1.807, 2.05) is 12.3 Å². The molecule has 1 aliphatic heterocycles. The quantitative estimate of drug-likeness (QED) is 0.790. The highest BCUT2D eigenvalue weighted by Crippen LogP contribution is 2.27. The number of rotatable bonds is 5. The first-order chi connectivity index (χ1) is 12.7. The number of esters is 1. The van der Waals surface area contributed by atoms with Gasteiger partial charge in [0.05, 0.1) is 31.5 Å². The van der Waals surface area contributed by atoms with Gasteiger partial charge in [-0.1, -0.05) is 0 Å². The molecule has 1 aromatic rings. The minimum absolute atomic E-state index is 0.0103. The molecule has 7 nitrogen and oxygen atoms in total. The summed E-state index contributed by atoms with van der Waals surface area (Å²) in [4.78, 5) is 30.8. The molecule has 27 heavy (non-hydrogen) atoms. The second kappa shape index (κ2) is 9.06. The number of anilines is 1. The van der Waals surface area contributed by atoms with Crippen LogP contribution in [0.25, 0.3) is 0 Å². The van der Waals surface area contributed by atoms with E-state index < -0.39 is 23.7 Å². The van der Waals surface area contributed by atoms with Gasteiger partial charge < -0.3 is 19.7 Å². The third kappa shape index (κ3) is 6.41. The number of nitrogens with zero attached hydrogens (tertiary/aromatic N) is 2. The Labute approximate surface area is 161 Å². The summed E-state index contributed by atoms with van der Waals surface area (Å²) >= 11 is 0. The molecule has 2 rings (SSSR count). The summed E-state index contributed by atoms with van der Waals surface area (Å²) in [7, 11) is 1.33. The van der Waals surface area contributed by atoms with Gasteiger partial charge >= 0.3 is 12.1 Å². The number of piperidine rings is 1. The maximum absolute atomic E-state index is 12.2. The number of hydrogen-bond donors (Lipinski definition) is 1. The summed E-state index contributed by atoms with van der Waals surface area (Å²) in [5, 5.41) is 2.78. The SMILES string of the molecule is COC(=O)CC(NC(=O)OC(C)(C)C)c1cncc(N2CCCC[C@@H]2C)c1. The van der Waals surface area contributed by atoms with Crippen LogP contribution in [0.2, 0.25) is 0 Å². The molecule has 0 saturated carbocycles. The zero-order valence-corrected chi connectivity index (χ0v) is 16.9. The molecular weight excluding hydrogens is 346 g/mol. The Balaban J connectivity index is 2.22. The minimum Gasteiger partial charge on any atom is -0.469 e. The molecule has 1 amide bonds. The Morgan fingerprint density at radius 2 is 2.07 bits per heavy atom. The molecule has 0 radical (unpaired) electrons. The second-order valence-corrected chi connectivity index (χ2v) is 7.99. The van der Waals surface area contributed by atoms with Crippen molar-refractivity contribution in [2.75, 3.05) is 18.6 Å². The lowest BCUT2D eigenvalue weighted by Crippen LogP contribution is -2.38. The number of alkyl carbamates (subject to hydrolysis) is 1. The van der Waals surface area contributed by atoms with Gasteiger partial charge in [-0.3, -0.25) is 9.78 Å². The Morgan fingerprint density at radius 3 is 2.70 bits per heavy atom. The number of ether oxygens (including phenoxy) is 2. The Morgan fingerprint density at radius 1 is 1.33 bits per heavy atom. The van der Waals surface area contributed by atoms with Gasteiger partial charge in [-0.15, -0.1) is 0 Å². The van der Waals surface area contributed by atoms with Crippen LogP contribution in [0.4, 0.5) is 10.5 Å². The number of hydrogen-bond acceptors (Lipinski definition) is 6. The molecule has 2 heterocycles. The van der Waals surface area contributed by atoms with Crippen molar-refractivity contribution >= 4 is 17.7 Å². The predicted molar refractivity (Wildman–Crippen MR) is 104 cm³/mol. The molecule has 1 fully saturated rings. The molecule has 150 valence electrons. The molecule has 0 bridgehead atoms. The fourth-order valence-electron chi connectivity index (χ4n) is 3.23. The van der Waals surface area contributed by atoms with E-state index in [-0.39, 0.29) is 6.42 Å². The van der Waals surface area contributed by atoms with Crippen molar-refractivity contribution in [2.24, 2.45) is 0 Å². The van der Waals surface area contributed by atoms with Crippen molar-refractivity contribution in [3.63, 3.8) is 0 Å². The van der Waals surface area contributed by atoms with Crippen LogP contribution in [0.15, 0.2) is 18.5 Å². The molecule has 1 saturated heterocycles. The summed E-state index contributed by atoms with van der Waals surface area (Å²) in [5.74, 6) is -0.409. The van der Waals surface area contributed by atoms with E-state index in [9.17, 15) is 9.59 Å². The zero-order chi connectivity index (χ0) is 20.0. The monoisotopic (exact) mass is 377 g/mol. The van der Waals surface area contributed by atoms with E-state index in [1.54, 1.807) is 27.0 Å². The number of pyridine rings is 1. The van der Waals surface area contributed by atoms with Crippen molar-refractivity contribution in [2.45, 2.75) is 71.1 Å². The van der Waals surface area contributed by atoms with Crippen molar-refractivity contribution in [1.82, 2.24) is 10.3 Å². The van der Waals surface area contributed by atoms with Crippen LogP contribution in [0.1, 0.15) is 65.0 Å². The van der Waals surface area contributed by atoms with Gasteiger partial charge in [0.25, 0.3) is 0 Å². The van der Waals surface area contributed by atoms with Crippen LogP contribution in [0, 0.1) is 0 Å². The average Bonchev–Trinajstić information content (AvgIpc) is 2.60. The lowest BCUT2D eigenvalue weighted by Gasteiger charge is -2.35. The largest absolute Gasteiger partial charge is 0.469 e. The topological polar surface area (TPSA) is 80.8 Å². The van der Waals surface area contributed by atoms with Crippen LogP contribution in [-0.2, 0) is 14.3 Å². The van der Waals surface area contributed by atoms with Crippen LogP contribution in [0.3, 0.4) is 0 Å². The molecule has 1 unspecified atom stereocenters. The summed E-state index contributed by atoms with van der Waals surface area (Å²) in [6.07, 6.45) is 6.46. The lowest BCUT2D eigenvalue weighted by molar-refractivity contribution is -0.141. The van der Waals surface area contributed by atoms with Gasteiger partial charge in [-0.25, -0.2) is 4.79 Å². The van der Waals surface area contributed by atoms with E-state index in [1.165, 1.54) is 13.5 Å². The van der Waals surface area contributed by atoms with E-state index in [0.29, 0.717) is 6.04 Å². The molecule has 2 atom stereocenters. The fraction of sp³-hybridized carbons (Fsp3) is 0.650. The maximum atomic E-state index is 12.2. The van der Waals surface area contributed by atoms with E-state index in [0.717, 1.165) is 30.6 Å². The summed E-state index contributed by atoms with van der Waals surface area (Å²) in [5.41, 5.74) is 1.13. The van der Waals surface area contributed by atoms with Crippen LogP contribution >= 0.6 is 0 Å². The number of methoxy groups -OCH3 is 1. The van der Waals surface area contributed by atoms with Gasteiger partial charge in [-0.2, -0.15) is 0 Å². The van der Waals surface area contributed by atoms with E-state index in [4.69, 9.17) is 9.47 Å². The Bertz CT molecular complexity index is 657. The highest BCUT2D eigenvalue weighted by molar-refractivity contribution is 5.73. The molecule has 1 aromatic heterocycles. The third-order valence-corrected chi connectivity index (χ3v) is 4.57. The van der Waals surface area contributed by atoms with Gasteiger partial charge in [-0.05, 0) is 58.6 Å². The summed E-state index contributed by atoms with van der Waals surface area (Å²) in [6, 6.07) is 1.85. The Kier molecular flexibility index (Phi) is 7.05. The normalized spacial score (nSPS) is 18.6. The molecule has 0 aromatic carbocycles. The molecule has 1 N–H and O–H groups in total. The van der Waals surface area contributed by atoms with Gasteiger partial charge in [0, 0.05) is 18.8 Å². The van der Waals surface area contributed by atoms with Gasteiger partial charge in [0.15, 0.2) is 0 Å². The number of carbonyl (C=O) groups excluding carboxylic acids is 2. The van der Waals surface area contributed by atoms with Crippen LogP contribution in [-0.4, -0.2) is 42.3 Å². The molecule has 7 heteroatoms. The number of aromatic nitrogens is 1. The maximum Gasteiger partial charge on any atom is 0.408 e. The highest BCUT2D eigenvalue weighted by atomic mass is 16.6. The van der Waals surface area contributed by atoms with Crippen molar-refractivity contribution in [1.29, 1.82) is 0 Å². The second-order valence-electron chi connectivity index (χ2n) is 7.99. The lowest BCUT2D eigenvalue weighted by atomic mass is 10.0. The first kappa shape index (κ1) is 21.0. The standard InChI is InChI=1S/C20H31N3O4/c1-14-8-6-7-9-23(14)16-10-15(12-21-13-16)17(11-18(24)26-5)22-19(25)27-20(2,3)4/h10,12-14,17H,6-9,11H2,1-5H3,(H,22,25)/t14-,17?/m0/s1. The first-order valence-corrected chi connectivity index (χ1v) is 9.47. The van der Waals surface area contributed by atoms with Crippen molar-refractivity contribution in [3.8, 4) is 0 Å².